The first-order chi connectivity index (χ1) is 5.59. The van der Waals surface area contributed by atoms with Crippen molar-refractivity contribution in [2.24, 2.45) is 5.92 Å². The van der Waals surface area contributed by atoms with E-state index in [-0.39, 0.29) is 12.5 Å². The molecule has 70 valence electrons. The Morgan fingerprint density at radius 1 is 1.42 bits per heavy atom. The van der Waals surface area contributed by atoms with Gasteiger partial charge in [-0.05, 0) is 6.42 Å². The molecule has 0 atom stereocenters. The first kappa shape index (κ1) is 11.1. The highest BCUT2D eigenvalue weighted by Gasteiger charge is 2.15. The molecule has 0 spiro atoms. The zero-order chi connectivity index (χ0) is 9.56. The summed E-state index contributed by atoms with van der Waals surface area (Å²) in [7, 11) is 0. The van der Waals surface area contributed by atoms with Crippen molar-refractivity contribution in [2.45, 2.75) is 20.3 Å². The van der Waals surface area contributed by atoms with Gasteiger partial charge in [0.05, 0.1) is 0 Å². The van der Waals surface area contributed by atoms with E-state index in [1.807, 2.05) is 0 Å². The molecule has 0 heterocycles. The first-order valence-corrected chi connectivity index (χ1v) is 4.02. The number of aliphatic hydroxyl groups is 1. The van der Waals surface area contributed by atoms with Gasteiger partial charge in [0.25, 0.3) is 5.91 Å². The molecule has 0 saturated heterocycles. The van der Waals surface area contributed by atoms with Crippen LogP contribution in [0.5, 0.6) is 0 Å². The van der Waals surface area contributed by atoms with Crippen LogP contribution in [0.25, 0.3) is 0 Å². The largest absolute Gasteiger partial charge is 0.396 e. The number of ketones is 1. The van der Waals surface area contributed by atoms with Gasteiger partial charge >= 0.3 is 0 Å². The topological polar surface area (TPSA) is 66.4 Å². The average molecular weight is 173 g/mol. The molecule has 12 heavy (non-hydrogen) atoms. The summed E-state index contributed by atoms with van der Waals surface area (Å²) in [6, 6.07) is 0. The van der Waals surface area contributed by atoms with Crippen LogP contribution in [0.3, 0.4) is 0 Å². The zero-order valence-corrected chi connectivity index (χ0v) is 7.46. The van der Waals surface area contributed by atoms with Gasteiger partial charge in [-0.2, -0.15) is 0 Å². The molecule has 0 aromatic rings. The molecule has 1 amide bonds. The van der Waals surface area contributed by atoms with Gasteiger partial charge in [0.2, 0.25) is 5.78 Å². The van der Waals surface area contributed by atoms with Gasteiger partial charge in [-0.3, -0.25) is 9.59 Å². The molecular formula is C8H15NO3. The summed E-state index contributed by atoms with van der Waals surface area (Å²) in [5.74, 6) is -1.23. The summed E-state index contributed by atoms with van der Waals surface area (Å²) in [5.41, 5.74) is 0. The predicted molar refractivity (Wildman–Crippen MR) is 44.6 cm³/mol. The van der Waals surface area contributed by atoms with Gasteiger partial charge in [0, 0.05) is 19.1 Å². The molecule has 0 bridgehead atoms. The quantitative estimate of drug-likeness (QED) is 0.443. The standard InChI is InChI=1S/C8H15NO3/c1-6(2)7(11)8(12)9-4-3-5-10/h6,10H,3-5H2,1-2H3,(H,9,12). The number of hydrogen-bond acceptors (Lipinski definition) is 3. The lowest BCUT2D eigenvalue weighted by molar-refractivity contribution is -0.139. The van der Waals surface area contributed by atoms with E-state index in [1.165, 1.54) is 0 Å². The molecule has 0 radical (unpaired) electrons. The minimum Gasteiger partial charge on any atom is -0.396 e. The number of nitrogens with one attached hydrogen (secondary N) is 1. The van der Waals surface area contributed by atoms with Crippen LogP contribution in [0.2, 0.25) is 0 Å². The monoisotopic (exact) mass is 173 g/mol. The second-order valence-electron chi connectivity index (χ2n) is 2.85. The Hall–Kier alpha value is -0.900. The highest BCUT2D eigenvalue weighted by molar-refractivity contribution is 6.36. The number of carbonyl (C=O) groups is 2. The number of aliphatic hydroxyl groups excluding tert-OH is 1. The third-order valence-corrected chi connectivity index (χ3v) is 1.37. The molecule has 0 saturated carbocycles. The summed E-state index contributed by atoms with van der Waals surface area (Å²) < 4.78 is 0. The van der Waals surface area contributed by atoms with Crippen molar-refractivity contribution in [1.82, 2.24) is 5.32 Å². The summed E-state index contributed by atoms with van der Waals surface area (Å²) in [5, 5.41) is 10.8. The Balaban J connectivity index is 3.65. The average Bonchev–Trinajstić information content (AvgIpc) is 2.03. The second-order valence-corrected chi connectivity index (χ2v) is 2.85. The maximum Gasteiger partial charge on any atom is 0.287 e. The van der Waals surface area contributed by atoms with Gasteiger partial charge in [-0.15, -0.1) is 0 Å². The van der Waals surface area contributed by atoms with E-state index in [4.69, 9.17) is 5.11 Å². The second kappa shape index (κ2) is 5.71. The van der Waals surface area contributed by atoms with Gasteiger partial charge in [-0.1, -0.05) is 13.8 Å². The van der Waals surface area contributed by atoms with Gasteiger partial charge in [0.1, 0.15) is 0 Å². The summed E-state index contributed by atoms with van der Waals surface area (Å²) in [4.78, 5) is 21.9. The highest BCUT2D eigenvalue weighted by Crippen LogP contribution is 1.93. The van der Waals surface area contributed by atoms with E-state index in [0.717, 1.165) is 0 Å². The molecule has 0 unspecified atom stereocenters. The Morgan fingerprint density at radius 2 is 2.00 bits per heavy atom. The molecule has 0 aromatic heterocycles. The van der Waals surface area contributed by atoms with Crippen molar-refractivity contribution >= 4 is 11.7 Å². The number of carbonyl (C=O) groups excluding carboxylic acids is 2. The Labute approximate surface area is 72.0 Å². The minimum atomic E-state index is -0.557. The van der Waals surface area contributed by atoms with Crippen LogP contribution in [0.4, 0.5) is 0 Å². The number of amides is 1. The molecule has 2 N–H and O–H groups in total. The van der Waals surface area contributed by atoms with Crippen molar-refractivity contribution in [3.8, 4) is 0 Å². The number of rotatable bonds is 5. The van der Waals surface area contributed by atoms with E-state index in [9.17, 15) is 9.59 Å². The van der Waals surface area contributed by atoms with Crippen molar-refractivity contribution < 1.29 is 14.7 Å². The van der Waals surface area contributed by atoms with Gasteiger partial charge in [-0.25, -0.2) is 0 Å². The maximum absolute atomic E-state index is 11.0. The van der Waals surface area contributed by atoms with Crippen molar-refractivity contribution in [3.05, 3.63) is 0 Å². The normalized spacial score (nSPS) is 10.0. The van der Waals surface area contributed by atoms with Crippen LogP contribution < -0.4 is 5.32 Å². The van der Waals surface area contributed by atoms with Gasteiger partial charge in [0.15, 0.2) is 0 Å². The summed E-state index contributed by atoms with van der Waals surface area (Å²) in [6.45, 7) is 3.73. The van der Waals surface area contributed by atoms with E-state index in [1.54, 1.807) is 13.8 Å². The highest BCUT2D eigenvalue weighted by atomic mass is 16.3. The van der Waals surface area contributed by atoms with Crippen LogP contribution in [-0.4, -0.2) is 29.9 Å². The van der Waals surface area contributed by atoms with Crippen molar-refractivity contribution in [3.63, 3.8) is 0 Å². The Bertz CT molecular complexity index is 166. The predicted octanol–water partition coefficient (Wildman–Crippen LogP) is -0.290. The molecule has 4 heteroatoms. The van der Waals surface area contributed by atoms with Crippen LogP contribution >= 0.6 is 0 Å². The molecule has 0 aliphatic heterocycles. The minimum absolute atomic E-state index is 0.0240. The molecule has 0 aromatic carbocycles. The molecule has 0 fully saturated rings. The van der Waals surface area contributed by atoms with E-state index < -0.39 is 11.7 Å². The lowest BCUT2D eigenvalue weighted by Gasteiger charge is -2.04. The Morgan fingerprint density at radius 3 is 2.42 bits per heavy atom. The fraction of sp³-hybridized carbons (Fsp3) is 0.750. The third kappa shape index (κ3) is 4.08. The molecule has 4 nitrogen and oxygen atoms in total. The fourth-order valence-electron chi connectivity index (χ4n) is 0.630. The van der Waals surface area contributed by atoms with Crippen LogP contribution in [0.15, 0.2) is 0 Å². The summed E-state index contributed by atoms with van der Waals surface area (Å²) >= 11 is 0. The molecule has 0 aliphatic carbocycles. The van der Waals surface area contributed by atoms with Crippen molar-refractivity contribution in [2.75, 3.05) is 13.2 Å². The van der Waals surface area contributed by atoms with Crippen LogP contribution in [0.1, 0.15) is 20.3 Å². The molecule has 0 rings (SSSR count). The van der Waals surface area contributed by atoms with E-state index in [0.29, 0.717) is 13.0 Å². The SMILES string of the molecule is CC(C)C(=O)C(=O)NCCCO. The van der Waals surface area contributed by atoms with Crippen LogP contribution in [-0.2, 0) is 9.59 Å². The maximum atomic E-state index is 11.0. The molecular weight excluding hydrogens is 158 g/mol. The molecule has 0 aliphatic rings. The van der Waals surface area contributed by atoms with E-state index >= 15 is 0 Å². The number of Topliss-reactive ketones (excluding diaryl/α,β-unsaturated/α-hetero) is 1. The van der Waals surface area contributed by atoms with E-state index in [2.05, 4.69) is 5.32 Å². The van der Waals surface area contributed by atoms with Crippen LogP contribution in [0, 0.1) is 5.92 Å². The summed E-state index contributed by atoms with van der Waals surface area (Å²) in [6.07, 6.45) is 0.483. The van der Waals surface area contributed by atoms with Crippen molar-refractivity contribution in [1.29, 1.82) is 0 Å². The smallest absolute Gasteiger partial charge is 0.287 e. The lowest BCUT2D eigenvalue weighted by Crippen LogP contribution is -2.34. The zero-order valence-electron chi connectivity index (χ0n) is 7.46. The fourth-order valence-corrected chi connectivity index (χ4v) is 0.630. The third-order valence-electron chi connectivity index (χ3n) is 1.37. The first-order valence-electron chi connectivity index (χ1n) is 4.02. The van der Waals surface area contributed by atoms with Gasteiger partial charge < -0.3 is 10.4 Å². The lowest BCUT2D eigenvalue weighted by atomic mass is 10.1. The Kier molecular flexibility index (Phi) is 5.28. The number of hydrogen-bond donors (Lipinski definition) is 2.